The van der Waals surface area contributed by atoms with E-state index in [1.54, 1.807) is 28.6 Å². The summed E-state index contributed by atoms with van der Waals surface area (Å²) in [6.45, 7) is 2.29. The van der Waals surface area contributed by atoms with Crippen molar-refractivity contribution in [1.29, 1.82) is 0 Å². The van der Waals surface area contributed by atoms with Crippen molar-refractivity contribution in [3.63, 3.8) is 0 Å². The van der Waals surface area contributed by atoms with E-state index in [-0.39, 0.29) is 24.5 Å². The Morgan fingerprint density at radius 3 is 2.68 bits per heavy atom. The predicted molar refractivity (Wildman–Crippen MR) is 128 cm³/mol. The molecule has 3 heterocycles. The average Bonchev–Trinajstić information content (AvgIpc) is 3.24. The van der Waals surface area contributed by atoms with Crippen molar-refractivity contribution in [3.05, 3.63) is 42.4 Å². The maximum atomic E-state index is 12.2. The zero-order valence-electron chi connectivity index (χ0n) is 19.0. The Kier molecular flexibility index (Phi) is 6.57. The summed E-state index contributed by atoms with van der Waals surface area (Å²) in [6.07, 6.45) is 6.75. The minimum absolute atomic E-state index is 0.0905. The molecule has 1 aliphatic carbocycles. The van der Waals surface area contributed by atoms with Crippen molar-refractivity contribution in [3.8, 4) is 5.88 Å². The van der Waals surface area contributed by atoms with Crippen molar-refractivity contribution >= 4 is 38.6 Å². The number of anilines is 1. The van der Waals surface area contributed by atoms with Crippen LogP contribution in [0, 0.1) is 0 Å². The quantitative estimate of drug-likeness (QED) is 0.512. The number of aromatic nitrogens is 3. The van der Waals surface area contributed by atoms with Crippen LogP contribution in [0.3, 0.4) is 0 Å². The highest BCUT2D eigenvalue weighted by atomic mass is 32.1. The fourth-order valence-electron chi connectivity index (χ4n) is 4.41. The van der Waals surface area contributed by atoms with Crippen LogP contribution in [0.25, 0.3) is 10.2 Å². The Labute approximate surface area is 201 Å². The fourth-order valence-corrected chi connectivity index (χ4v) is 5.35. The van der Waals surface area contributed by atoms with Gasteiger partial charge in [-0.2, -0.15) is 0 Å². The zero-order chi connectivity index (χ0) is 23.5. The highest BCUT2D eigenvalue weighted by Crippen LogP contribution is 2.35. The van der Waals surface area contributed by atoms with Gasteiger partial charge < -0.3 is 19.7 Å². The van der Waals surface area contributed by atoms with Gasteiger partial charge in [-0.3, -0.25) is 14.6 Å². The van der Waals surface area contributed by atoms with Crippen molar-refractivity contribution in [1.82, 2.24) is 19.9 Å². The molecule has 0 bridgehead atoms. The fraction of sp³-hybridized carbons (Fsp3) is 0.458. The van der Waals surface area contributed by atoms with E-state index < -0.39 is 5.97 Å². The first-order chi connectivity index (χ1) is 16.5. The predicted octanol–water partition coefficient (Wildman–Crippen LogP) is 3.38. The molecule has 1 N–H and O–H groups in total. The van der Waals surface area contributed by atoms with Crippen molar-refractivity contribution in [2.45, 2.75) is 50.7 Å². The third-order valence-corrected chi connectivity index (χ3v) is 7.29. The van der Waals surface area contributed by atoms with Crippen LogP contribution in [0.15, 0.2) is 36.7 Å². The van der Waals surface area contributed by atoms with E-state index in [1.165, 1.54) is 11.6 Å². The summed E-state index contributed by atoms with van der Waals surface area (Å²) < 4.78 is 12.2. The molecule has 1 amide bonds. The molecule has 9 nitrogen and oxygen atoms in total. The Hall–Kier alpha value is -3.27. The molecule has 2 aliphatic rings. The van der Waals surface area contributed by atoms with Crippen LogP contribution in [0.2, 0.25) is 0 Å². The lowest BCUT2D eigenvalue weighted by Crippen LogP contribution is -2.43. The van der Waals surface area contributed by atoms with Gasteiger partial charge in [0.2, 0.25) is 5.88 Å². The van der Waals surface area contributed by atoms with Crippen LogP contribution in [-0.4, -0.2) is 63.6 Å². The second-order valence-electron chi connectivity index (χ2n) is 8.72. The van der Waals surface area contributed by atoms with E-state index in [2.05, 4.69) is 26.3 Å². The Morgan fingerprint density at radius 1 is 1.15 bits per heavy atom. The molecular weight excluding hydrogens is 454 g/mol. The molecule has 10 heteroatoms. The summed E-state index contributed by atoms with van der Waals surface area (Å²) in [5, 5.41) is 4.46. The van der Waals surface area contributed by atoms with Gasteiger partial charge in [0, 0.05) is 57.2 Å². The first-order valence-corrected chi connectivity index (χ1v) is 12.4. The van der Waals surface area contributed by atoms with Gasteiger partial charge >= 0.3 is 5.97 Å². The number of para-hydroxylation sites is 1. The molecule has 0 spiro atoms. The topological polar surface area (TPSA) is 107 Å². The number of amides is 1. The summed E-state index contributed by atoms with van der Waals surface area (Å²) >= 11 is 1.67. The van der Waals surface area contributed by atoms with Crippen LogP contribution >= 0.6 is 11.3 Å². The molecule has 2 aromatic heterocycles. The van der Waals surface area contributed by atoms with Crippen LogP contribution in [0.5, 0.6) is 5.88 Å². The number of esters is 1. The molecule has 1 aliphatic heterocycles. The minimum Gasteiger partial charge on any atom is -0.473 e. The van der Waals surface area contributed by atoms with Gasteiger partial charge in [-0.1, -0.05) is 23.5 Å². The number of thiazole rings is 1. The van der Waals surface area contributed by atoms with Crippen LogP contribution in [-0.2, 0) is 14.3 Å². The van der Waals surface area contributed by atoms with E-state index in [1.807, 2.05) is 18.2 Å². The maximum Gasteiger partial charge on any atom is 0.303 e. The molecular formula is C24H27N5O4S. The first-order valence-electron chi connectivity index (χ1n) is 11.6. The molecule has 1 saturated carbocycles. The molecule has 2 fully saturated rings. The van der Waals surface area contributed by atoms with E-state index in [9.17, 15) is 9.59 Å². The number of fused-ring (bicyclic) bond motifs is 1. The van der Waals surface area contributed by atoms with Gasteiger partial charge in [0.25, 0.3) is 5.91 Å². The first kappa shape index (κ1) is 22.5. The van der Waals surface area contributed by atoms with Crippen LogP contribution in [0.4, 0.5) is 5.13 Å². The summed E-state index contributed by atoms with van der Waals surface area (Å²) in [4.78, 5) is 38.6. The number of ether oxygens (including phenoxy) is 2. The van der Waals surface area contributed by atoms with E-state index in [0.717, 1.165) is 42.0 Å². The molecule has 1 aromatic carbocycles. The second kappa shape index (κ2) is 9.92. The Bertz CT molecular complexity index is 1140. The van der Waals surface area contributed by atoms with Crippen molar-refractivity contribution in [2.24, 2.45) is 0 Å². The molecule has 0 atom stereocenters. The normalized spacial score (nSPS) is 20.6. The summed E-state index contributed by atoms with van der Waals surface area (Å²) in [5.74, 6) is 0.164. The standard InChI is InChI=1S/C24H27N5O4S/c1-15(30)32-14-21(31)29-10-6-16(7-11-29)22-23(26-9-8-25-22)33-18-12-17(13-18)27-24-28-19-4-2-3-5-20(19)34-24/h2-5,8-9,16-18H,6-7,10-14H2,1H3,(H,27,28). The summed E-state index contributed by atoms with van der Waals surface area (Å²) in [5.41, 5.74) is 1.88. The molecule has 0 unspecified atom stereocenters. The number of likely N-dealkylation sites (tertiary alicyclic amines) is 1. The number of hydrogen-bond acceptors (Lipinski definition) is 9. The number of nitrogens with zero attached hydrogens (tertiary/aromatic N) is 4. The Balaban J connectivity index is 1.13. The van der Waals surface area contributed by atoms with Crippen molar-refractivity contribution in [2.75, 3.05) is 25.0 Å². The highest BCUT2D eigenvalue weighted by molar-refractivity contribution is 7.22. The van der Waals surface area contributed by atoms with Gasteiger partial charge in [-0.05, 0) is 25.0 Å². The van der Waals surface area contributed by atoms with E-state index in [4.69, 9.17) is 9.47 Å². The molecule has 34 heavy (non-hydrogen) atoms. The maximum absolute atomic E-state index is 12.2. The molecule has 5 rings (SSSR count). The number of carbonyl (C=O) groups excluding carboxylic acids is 2. The van der Waals surface area contributed by atoms with Crippen LogP contribution in [0.1, 0.15) is 44.2 Å². The second-order valence-corrected chi connectivity index (χ2v) is 9.75. The molecule has 0 radical (unpaired) electrons. The number of benzene rings is 1. The number of piperidine rings is 1. The van der Waals surface area contributed by atoms with Gasteiger partial charge in [0.15, 0.2) is 11.7 Å². The smallest absolute Gasteiger partial charge is 0.303 e. The van der Waals surface area contributed by atoms with Crippen molar-refractivity contribution < 1.29 is 19.1 Å². The number of carbonyl (C=O) groups is 2. The number of nitrogens with one attached hydrogen (secondary N) is 1. The summed E-state index contributed by atoms with van der Waals surface area (Å²) in [7, 11) is 0. The lowest BCUT2D eigenvalue weighted by Gasteiger charge is -2.36. The molecule has 1 saturated heterocycles. The van der Waals surface area contributed by atoms with Gasteiger partial charge in [-0.25, -0.2) is 9.97 Å². The van der Waals surface area contributed by atoms with E-state index in [0.29, 0.717) is 25.0 Å². The molecule has 178 valence electrons. The van der Waals surface area contributed by atoms with Crippen LogP contribution < -0.4 is 10.1 Å². The zero-order valence-corrected chi connectivity index (χ0v) is 19.8. The van der Waals surface area contributed by atoms with Gasteiger partial charge in [0.1, 0.15) is 11.8 Å². The monoisotopic (exact) mass is 481 g/mol. The number of hydrogen-bond donors (Lipinski definition) is 1. The highest BCUT2D eigenvalue weighted by Gasteiger charge is 2.34. The molecule has 3 aromatic rings. The largest absolute Gasteiger partial charge is 0.473 e. The minimum atomic E-state index is -0.446. The lowest BCUT2D eigenvalue weighted by molar-refractivity contribution is -0.150. The van der Waals surface area contributed by atoms with E-state index >= 15 is 0 Å². The third-order valence-electron chi connectivity index (χ3n) is 6.32. The lowest BCUT2D eigenvalue weighted by atomic mass is 9.89. The summed E-state index contributed by atoms with van der Waals surface area (Å²) in [6, 6.07) is 8.47. The van der Waals surface area contributed by atoms with Gasteiger partial charge in [-0.15, -0.1) is 0 Å². The third kappa shape index (κ3) is 5.11. The SMILES string of the molecule is CC(=O)OCC(=O)N1CCC(c2nccnc2OC2CC(Nc3nc4ccccc4s3)C2)CC1. The number of rotatable bonds is 7. The average molecular weight is 482 g/mol. The van der Waals surface area contributed by atoms with Gasteiger partial charge in [0.05, 0.1) is 10.2 Å². The Morgan fingerprint density at radius 2 is 1.91 bits per heavy atom.